The average molecular weight is 667 g/mol. The minimum Gasteiger partial charge on any atom is -0.488 e. The van der Waals surface area contributed by atoms with Gasteiger partial charge in [0.1, 0.15) is 57.3 Å². The normalized spacial score (nSPS) is 31.9. The van der Waals surface area contributed by atoms with Crippen LogP contribution in [-0.4, -0.2) is 113 Å². The number of ether oxygens (including phenoxy) is 1. The second-order valence-electron chi connectivity index (χ2n) is 12.0. The lowest BCUT2D eigenvalue weighted by Gasteiger charge is -2.55. The number of hydrogen-bond donors (Lipinski definition) is 3. The van der Waals surface area contributed by atoms with Gasteiger partial charge in [0, 0.05) is 12.3 Å². The van der Waals surface area contributed by atoms with Gasteiger partial charge < -0.3 is 34.5 Å². The van der Waals surface area contributed by atoms with E-state index in [2.05, 4.69) is 34.7 Å². The molecule has 4 saturated heterocycles. The number of β-lactam (4-membered cyclic amide) rings is 1. The van der Waals surface area contributed by atoms with E-state index in [-0.39, 0.29) is 36.1 Å². The third-order valence-electron chi connectivity index (χ3n) is 9.57. The lowest BCUT2D eigenvalue weighted by atomic mass is 9.78. The highest BCUT2D eigenvalue weighted by Crippen LogP contribution is 2.47. The molecular formula is C29H39IN4O6+2. The van der Waals surface area contributed by atoms with Gasteiger partial charge in [-0.15, -0.1) is 0 Å². The molecule has 5 aliphatic heterocycles. The number of quaternary nitrogens is 2. The van der Waals surface area contributed by atoms with E-state index >= 15 is 0 Å². The lowest BCUT2D eigenvalue weighted by molar-refractivity contribution is -1.08. The fourth-order valence-corrected chi connectivity index (χ4v) is 7.89. The number of halogens is 1. The van der Waals surface area contributed by atoms with Crippen molar-refractivity contribution < 1.29 is 38.3 Å². The van der Waals surface area contributed by atoms with Crippen molar-refractivity contribution in [2.45, 2.75) is 32.4 Å². The van der Waals surface area contributed by atoms with Crippen molar-refractivity contribution in [2.24, 2.45) is 17.6 Å². The number of allylic oxidation sites excluding steroid dienone is 1. The number of benzene rings is 1. The highest BCUT2D eigenvalue weighted by atomic mass is 127. The van der Waals surface area contributed by atoms with Crippen LogP contribution in [-0.2, 0) is 20.8 Å². The number of amides is 2. The molecule has 11 heteroatoms. The Morgan fingerprint density at radius 2 is 1.85 bits per heavy atom. The van der Waals surface area contributed by atoms with Crippen LogP contribution in [0.25, 0.3) is 0 Å². The van der Waals surface area contributed by atoms with Gasteiger partial charge in [-0.1, -0.05) is 19.1 Å². The van der Waals surface area contributed by atoms with Gasteiger partial charge in [-0.3, -0.25) is 9.59 Å². The van der Waals surface area contributed by atoms with Gasteiger partial charge >= 0.3 is 5.97 Å². The first kappa shape index (κ1) is 29.0. The van der Waals surface area contributed by atoms with Crippen LogP contribution >= 0.6 is 22.6 Å². The minimum absolute atomic E-state index is 0.000823. The number of rotatable bonds is 11. The van der Waals surface area contributed by atoms with Gasteiger partial charge in [-0.05, 0) is 58.9 Å². The Kier molecular flexibility index (Phi) is 8.03. The smallest absolute Gasteiger partial charge is 0.352 e. The third kappa shape index (κ3) is 5.28. The van der Waals surface area contributed by atoms with Crippen molar-refractivity contribution >= 4 is 40.4 Å². The molecule has 0 aromatic heterocycles. The first-order valence-corrected chi connectivity index (χ1v) is 15.1. The number of carboxylic acids is 1. The monoisotopic (exact) mass is 666 g/mol. The zero-order valence-electron chi connectivity index (χ0n) is 23.1. The fourth-order valence-electron chi connectivity index (χ4n) is 7.16. The first-order chi connectivity index (χ1) is 19.0. The summed E-state index contributed by atoms with van der Waals surface area (Å²) >= 11 is 2.29. The van der Waals surface area contributed by atoms with E-state index in [1.165, 1.54) is 10.5 Å². The van der Waals surface area contributed by atoms with Crippen molar-refractivity contribution in [3.63, 3.8) is 0 Å². The highest BCUT2D eigenvalue weighted by molar-refractivity contribution is 14.1. The van der Waals surface area contributed by atoms with E-state index in [1.54, 1.807) is 19.1 Å². The fraction of sp³-hybridized carbons (Fsp3) is 0.552. The van der Waals surface area contributed by atoms with Crippen LogP contribution in [0.4, 0.5) is 0 Å². The summed E-state index contributed by atoms with van der Waals surface area (Å²) < 4.78 is 8.99. The molecule has 4 N–H and O–H groups in total. The van der Waals surface area contributed by atoms with Crippen LogP contribution in [0, 0.1) is 15.4 Å². The number of aliphatic hydroxyl groups excluding tert-OH is 1. The predicted octanol–water partition coefficient (Wildman–Crippen LogP) is 1.11. The summed E-state index contributed by atoms with van der Waals surface area (Å²) in [4.78, 5) is 37.3. The SMILES string of the molecule is CC(O)C1C(=O)N2C(C(=O)O)=C(/C=C/COc3ccc(CC[N+]45CC[N+](CC(N)=O)(CC4)CC5)cc3I)[C@H](C)C12. The Hall–Kier alpha value is -2.48. The average Bonchev–Trinajstić information content (AvgIpc) is 3.14. The van der Waals surface area contributed by atoms with Gasteiger partial charge in [0.15, 0.2) is 6.54 Å². The molecule has 3 unspecified atom stereocenters. The van der Waals surface area contributed by atoms with Crippen LogP contribution in [0.15, 0.2) is 41.6 Å². The van der Waals surface area contributed by atoms with Crippen LogP contribution in [0.2, 0.25) is 0 Å². The largest absolute Gasteiger partial charge is 0.488 e. The molecule has 1 aromatic carbocycles. The lowest BCUT2D eigenvalue weighted by Crippen LogP contribution is -2.76. The molecule has 40 heavy (non-hydrogen) atoms. The first-order valence-electron chi connectivity index (χ1n) is 14.0. The molecule has 10 nitrogen and oxygen atoms in total. The van der Waals surface area contributed by atoms with E-state index in [9.17, 15) is 24.6 Å². The Bertz CT molecular complexity index is 1250. The number of carbonyl (C=O) groups is 3. The highest BCUT2D eigenvalue weighted by Gasteiger charge is 2.59. The molecule has 4 fully saturated rings. The van der Waals surface area contributed by atoms with E-state index < -0.39 is 18.0 Å². The summed E-state index contributed by atoms with van der Waals surface area (Å²) in [5.74, 6) is -1.66. The number of fused-ring (bicyclic) bond motifs is 4. The molecule has 2 bridgehead atoms. The van der Waals surface area contributed by atoms with Crippen LogP contribution < -0.4 is 10.5 Å². The quantitative estimate of drug-likeness (QED) is 0.185. The number of nitrogens with zero attached hydrogens (tertiary/aromatic N) is 3. The molecule has 0 aliphatic carbocycles. The molecule has 0 radical (unpaired) electrons. The Balaban J connectivity index is 1.16. The van der Waals surface area contributed by atoms with E-state index in [1.807, 2.05) is 13.0 Å². The van der Waals surface area contributed by atoms with Crippen LogP contribution in [0.1, 0.15) is 19.4 Å². The van der Waals surface area contributed by atoms with E-state index in [0.29, 0.717) is 12.1 Å². The van der Waals surface area contributed by atoms with Gasteiger partial charge in [0.2, 0.25) is 5.91 Å². The summed E-state index contributed by atoms with van der Waals surface area (Å²) in [6, 6.07) is 5.93. The topological polar surface area (TPSA) is 130 Å². The molecule has 1 aromatic rings. The zero-order valence-corrected chi connectivity index (χ0v) is 25.2. The molecule has 2 amide bonds. The summed E-state index contributed by atoms with van der Waals surface area (Å²) in [6.07, 6.45) is 3.69. The number of nitrogens with two attached hydrogens (primary N) is 1. The molecule has 6 rings (SSSR count). The number of aliphatic hydroxyl groups is 1. The molecule has 4 atom stereocenters. The van der Waals surface area contributed by atoms with Gasteiger partial charge in [0.05, 0.1) is 28.2 Å². The van der Waals surface area contributed by atoms with Crippen molar-refractivity contribution in [1.82, 2.24) is 4.90 Å². The van der Waals surface area contributed by atoms with Gasteiger partial charge in [0.25, 0.3) is 5.91 Å². The van der Waals surface area contributed by atoms with E-state index in [0.717, 1.165) is 70.5 Å². The number of primary amides is 1. The maximum Gasteiger partial charge on any atom is 0.352 e. The zero-order chi connectivity index (χ0) is 28.8. The molecule has 5 heterocycles. The standard InChI is InChI=1S/C29H37IN4O6/c1-18-21(27(29(38)39)32-26(18)25(19(2)35)28(32)37)4-3-15-40-23-6-5-20(16-22(23)30)7-8-33-9-12-34(13-10-33,14-11-33)17-24(31)36/h3-6,16,18-19,25-26,35H,7-15,17H2,1-2H3,(H-2,31,36,38,39)/p+2/b4-3+/t18-,19?,25?,26?,33?,34?/m0/s1. The summed E-state index contributed by atoms with van der Waals surface area (Å²) in [6.45, 7) is 11.7. The number of hydrogen-bond acceptors (Lipinski definition) is 5. The van der Waals surface area contributed by atoms with Gasteiger partial charge in [-0.25, -0.2) is 4.79 Å². The van der Waals surface area contributed by atoms with Crippen molar-refractivity contribution in [3.8, 4) is 5.75 Å². The van der Waals surface area contributed by atoms with Crippen molar-refractivity contribution in [2.75, 3.05) is 59.0 Å². The maximum absolute atomic E-state index is 12.5. The molecular weight excluding hydrogens is 627 g/mol. The molecule has 5 aliphatic rings. The number of carboxylic acid groups (broad SMARTS) is 1. The predicted molar refractivity (Wildman–Crippen MR) is 156 cm³/mol. The van der Waals surface area contributed by atoms with Crippen LogP contribution in [0.5, 0.6) is 5.75 Å². The minimum atomic E-state index is -1.14. The summed E-state index contributed by atoms with van der Waals surface area (Å²) in [7, 11) is 0. The molecule has 0 saturated carbocycles. The third-order valence-corrected chi connectivity index (χ3v) is 10.4. The maximum atomic E-state index is 12.5. The van der Waals surface area contributed by atoms with Crippen molar-refractivity contribution in [3.05, 3.63) is 50.8 Å². The summed E-state index contributed by atoms with van der Waals surface area (Å²) in [5, 5.41) is 19.8. The second kappa shape index (κ2) is 11.1. The van der Waals surface area contributed by atoms with Gasteiger partial charge in [-0.2, -0.15) is 0 Å². The molecule has 216 valence electrons. The number of carbonyl (C=O) groups excluding carboxylic acids is 2. The Labute approximate surface area is 248 Å². The van der Waals surface area contributed by atoms with Crippen molar-refractivity contribution in [1.29, 1.82) is 0 Å². The second-order valence-corrected chi connectivity index (χ2v) is 13.1. The number of piperazine rings is 3. The Morgan fingerprint density at radius 3 is 2.42 bits per heavy atom. The summed E-state index contributed by atoms with van der Waals surface area (Å²) in [5.41, 5.74) is 7.35. The Morgan fingerprint density at radius 1 is 1.20 bits per heavy atom. The molecule has 0 spiro atoms. The number of aliphatic carboxylic acids is 1. The van der Waals surface area contributed by atoms with Crippen LogP contribution in [0.3, 0.4) is 0 Å². The van der Waals surface area contributed by atoms with E-state index in [4.69, 9.17) is 10.5 Å².